The number of azide groups is 1. The maximum absolute atomic E-state index is 10.7. The molecule has 0 bridgehead atoms. The van der Waals surface area contributed by atoms with Crippen LogP contribution in [0.5, 0.6) is 0 Å². The molecular formula is C9H5ClN4O2. The van der Waals surface area contributed by atoms with Crippen LogP contribution in [0.2, 0.25) is 5.02 Å². The number of hydrogen-bond donors (Lipinski definition) is 0. The topological polar surface area (TPSA) is 91.9 Å². The van der Waals surface area contributed by atoms with Gasteiger partial charge in [0, 0.05) is 16.0 Å². The number of benzene rings is 1. The van der Waals surface area contributed by atoms with E-state index in [4.69, 9.17) is 17.1 Å². The van der Waals surface area contributed by atoms with Crippen LogP contribution in [0.3, 0.4) is 0 Å². The second-order valence-electron chi connectivity index (χ2n) is 2.61. The summed E-state index contributed by atoms with van der Waals surface area (Å²) in [5, 5.41) is 14.1. The van der Waals surface area contributed by atoms with Gasteiger partial charge in [0.05, 0.1) is 11.5 Å². The zero-order valence-electron chi connectivity index (χ0n) is 7.92. The van der Waals surface area contributed by atoms with Crippen LogP contribution in [-0.4, -0.2) is 11.5 Å². The molecule has 0 amide bonds. The molecule has 0 aliphatic rings. The molecule has 1 aromatic carbocycles. The maximum atomic E-state index is 10.7. The average Bonchev–Trinajstić information content (AvgIpc) is 2.26. The highest BCUT2D eigenvalue weighted by molar-refractivity contribution is 6.30. The van der Waals surface area contributed by atoms with E-state index in [2.05, 4.69) is 21.9 Å². The first-order valence-electron chi connectivity index (χ1n) is 4.09. The van der Waals surface area contributed by atoms with Crippen molar-refractivity contribution in [1.82, 2.24) is 0 Å². The Hall–Kier alpha value is -2.22. The lowest BCUT2D eigenvalue weighted by molar-refractivity contribution is -0.385. The van der Waals surface area contributed by atoms with Crippen LogP contribution in [0.4, 0.5) is 5.69 Å². The Morgan fingerprint density at radius 2 is 2.38 bits per heavy atom. The number of rotatable bonds is 2. The second-order valence-corrected chi connectivity index (χ2v) is 3.05. The first kappa shape index (κ1) is 11.9. The SMILES string of the molecule is [N-]=[N+]=NCC#Cc1ccc(Cl)cc1[N+](=O)[O-]. The maximum Gasteiger partial charge on any atom is 0.286 e. The van der Waals surface area contributed by atoms with Gasteiger partial charge in [0.2, 0.25) is 0 Å². The monoisotopic (exact) mass is 236 g/mol. The smallest absolute Gasteiger partial charge is 0.258 e. The van der Waals surface area contributed by atoms with Gasteiger partial charge in [-0.05, 0) is 17.7 Å². The van der Waals surface area contributed by atoms with E-state index in [-0.39, 0.29) is 22.8 Å². The molecule has 6 nitrogen and oxygen atoms in total. The molecule has 0 aliphatic heterocycles. The van der Waals surface area contributed by atoms with Crippen molar-refractivity contribution in [2.24, 2.45) is 5.11 Å². The zero-order valence-corrected chi connectivity index (χ0v) is 8.68. The first-order valence-corrected chi connectivity index (χ1v) is 4.46. The Labute approximate surface area is 95.6 Å². The standard InChI is InChI=1S/C9H5ClN4O2/c10-8-4-3-7(2-1-5-12-13-11)9(6-8)14(15)16/h3-4,6H,5H2. The van der Waals surface area contributed by atoms with Crippen molar-refractivity contribution in [3.8, 4) is 11.8 Å². The molecule has 16 heavy (non-hydrogen) atoms. The normalized spacial score (nSPS) is 8.56. The summed E-state index contributed by atoms with van der Waals surface area (Å²) >= 11 is 5.63. The molecule has 0 radical (unpaired) electrons. The van der Waals surface area contributed by atoms with Crippen molar-refractivity contribution < 1.29 is 4.92 Å². The van der Waals surface area contributed by atoms with E-state index >= 15 is 0 Å². The average molecular weight is 237 g/mol. The number of nitro benzene ring substituents is 1. The number of hydrogen-bond acceptors (Lipinski definition) is 3. The summed E-state index contributed by atoms with van der Waals surface area (Å²) in [5.74, 6) is 5.04. The highest BCUT2D eigenvalue weighted by atomic mass is 35.5. The van der Waals surface area contributed by atoms with Gasteiger partial charge in [0.1, 0.15) is 5.56 Å². The van der Waals surface area contributed by atoms with Gasteiger partial charge in [-0.2, -0.15) is 0 Å². The summed E-state index contributed by atoms with van der Waals surface area (Å²) < 4.78 is 0. The predicted octanol–water partition coefficient (Wildman–Crippen LogP) is 2.91. The fraction of sp³-hybridized carbons (Fsp3) is 0.111. The fourth-order valence-corrected chi connectivity index (χ4v) is 1.13. The van der Waals surface area contributed by atoms with Crippen LogP contribution in [-0.2, 0) is 0 Å². The molecule has 0 heterocycles. The van der Waals surface area contributed by atoms with Gasteiger partial charge in [0.25, 0.3) is 5.69 Å². The van der Waals surface area contributed by atoms with Crippen molar-refractivity contribution >= 4 is 17.3 Å². The van der Waals surface area contributed by atoms with Crippen LogP contribution in [0.1, 0.15) is 5.56 Å². The molecule has 0 saturated carbocycles. The second kappa shape index (κ2) is 5.61. The molecule has 1 rings (SSSR count). The molecule has 0 fully saturated rings. The highest BCUT2D eigenvalue weighted by Gasteiger charge is 2.11. The van der Waals surface area contributed by atoms with Crippen molar-refractivity contribution in [1.29, 1.82) is 0 Å². The Morgan fingerprint density at radius 3 is 3.00 bits per heavy atom. The van der Waals surface area contributed by atoms with Gasteiger partial charge in [-0.15, -0.1) is 0 Å². The highest BCUT2D eigenvalue weighted by Crippen LogP contribution is 2.22. The van der Waals surface area contributed by atoms with Gasteiger partial charge < -0.3 is 0 Å². The molecule has 0 aliphatic carbocycles. The van der Waals surface area contributed by atoms with Gasteiger partial charge in [-0.25, -0.2) is 0 Å². The van der Waals surface area contributed by atoms with Crippen LogP contribution in [0, 0.1) is 22.0 Å². The zero-order chi connectivity index (χ0) is 12.0. The lowest BCUT2D eigenvalue weighted by atomic mass is 10.2. The van der Waals surface area contributed by atoms with Gasteiger partial charge in [-0.3, -0.25) is 10.1 Å². The first-order chi connectivity index (χ1) is 7.65. The van der Waals surface area contributed by atoms with E-state index < -0.39 is 4.92 Å². The lowest BCUT2D eigenvalue weighted by Crippen LogP contribution is -1.91. The minimum Gasteiger partial charge on any atom is -0.258 e. The third kappa shape index (κ3) is 3.17. The van der Waals surface area contributed by atoms with Gasteiger partial charge in [-0.1, -0.05) is 28.6 Å². The molecule has 7 heteroatoms. The van der Waals surface area contributed by atoms with Crippen LogP contribution >= 0.6 is 11.6 Å². The third-order valence-corrected chi connectivity index (χ3v) is 1.83. The van der Waals surface area contributed by atoms with Crippen molar-refractivity contribution in [2.75, 3.05) is 6.54 Å². The molecule has 1 aromatic rings. The number of halogens is 1. The van der Waals surface area contributed by atoms with Crippen LogP contribution < -0.4 is 0 Å². The number of nitrogens with zero attached hydrogens (tertiary/aromatic N) is 4. The summed E-state index contributed by atoms with van der Waals surface area (Å²) in [6, 6.07) is 4.18. The minimum absolute atomic E-state index is 0.0315. The van der Waals surface area contributed by atoms with Crippen molar-refractivity contribution in [3.63, 3.8) is 0 Å². The fourth-order valence-electron chi connectivity index (χ4n) is 0.963. The van der Waals surface area contributed by atoms with E-state index in [1.165, 1.54) is 18.2 Å². The lowest BCUT2D eigenvalue weighted by Gasteiger charge is -1.95. The van der Waals surface area contributed by atoms with Gasteiger partial charge in [0.15, 0.2) is 0 Å². The van der Waals surface area contributed by atoms with E-state index in [1.54, 1.807) is 0 Å². The minimum atomic E-state index is -0.566. The largest absolute Gasteiger partial charge is 0.286 e. The van der Waals surface area contributed by atoms with E-state index in [9.17, 15) is 10.1 Å². The van der Waals surface area contributed by atoms with E-state index in [0.29, 0.717) is 0 Å². The Morgan fingerprint density at radius 1 is 1.62 bits per heavy atom. The Bertz CT molecular complexity index is 526. The molecule has 0 aromatic heterocycles. The predicted molar refractivity (Wildman–Crippen MR) is 59.0 cm³/mol. The Balaban J connectivity index is 3.06. The quantitative estimate of drug-likeness (QED) is 0.197. The summed E-state index contributed by atoms with van der Waals surface area (Å²) in [4.78, 5) is 12.6. The van der Waals surface area contributed by atoms with Crippen LogP contribution in [0.15, 0.2) is 23.3 Å². The van der Waals surface area contributed by atoms with E-state index in [1.807, 2.05) is 0 Å². The summed E-state index contributed by atoms with van der Waals surface area (Å²) in [6.45, 7) is -0.0315. The Kier molecular flexibility index (Phi) is 4.16. The van der Waals surface area contributed by atoms with Crippen molar-refractivity contribution in [2.45, 2.75) is 0 Å². The number of nitro groups is 1. The summed E-state index contributed by atoms with van der Waals surface area (Å²) in [5.41, 5.74) is 8.08. The summed E-state index contributed by atoms with van der Waals surface area (Å²) in [6.07, 6.45) is 0. The van der Waals surface area contributed by atoms with Crippen LogP contribution in [0.25, 0.3) is 10.4 Å². The molecule has 0 unspecified atom stereocenters. The van der Waals surface area contributed by atoms with Gasteiger partial charge >= 0.3 is 0 Å². The molecule has 0 spiro atoms. The molecule has 0 N–H and O–H groups in total. The summed E-state index contributed by atoms with van der Waals surface area (Å²) in [7, 11) is 0. The molecule has 80 valence electrons. The van der Waals surface area contributed by atoms with E-state index in [0.717, 1.165) is 0 Å². The third-order valence-electron chi connectivity index (χ3n) is 1.59. The van der Waals surface area contributed by atoms with Crippen molar-refractivity contribution in [3.05, 3.63) is 49.3 Å². The molecular weight excluding hydrogens is 232 g/mol. The molecule has 0 saturated heterocycles. The molecule has 0 atom stereocenters.